The van der Waals surface area contributed by atoms with E-state index in [9.17, 15) is 4.79 Å². The average Bonchev–Trinajstić information content (AvgIpc) is 2.13. The van der Waals surface area contributed by atoms with Crippen LogP contribution in [0.2, 0.25) is 0 Å². The van der Waals surface area contributed by atoms with Gasteiger partial charge in [-0.25, -0.2) is 0 Å². The molecule has 0 atom stereocenters. The van der Waals surface area contributed by atoms with Crippen molar-refractivity contribution in [3.63, 3.8) is 0 Å². The van der Waals surface area contributed by atoms with Gasteiger partial charge >= 0.3 is 0 Å². The van der Waals surface area contributed by atoms with E-state index >= 15 is 0 Å². The Balaban J connectivity index is 2.63. The molecule has 0 bridgehead atoms. The standard InChI is InChI=1S/C8H13NOS/c1-7(2)9-4-6-11-5-3-8(9)10/h3,5,7H,4,6H2,1-2H3. The van der Waals surface area contributed by atoms with Gasteiger partial charge < -0.3 is 4.90 Å². The first-order chi connectivity index (χ1) is 5.22. The van der Waals surface area contributed by atoms with Gasteiger partial charge in [0.05, 0.1) is 0 Å². The number of hydrogen-bond acceptors (Lipinski definition) is 2. The highest BCUT2D eigenvalue weighted by molar-refractivity contribution is 8.02. The van der Waals surface area contributed by atoms with Gasteiger partial charge in [0, 0.05) is 24.4 Å². The molecule has 0 saturated heterocycles. The Kier molecular flexibility index (Phi) is 3.00. The predicted molar refractivity (Wildman–Crippen MR) is 48.4 cm³/mol. The first-order valence-corrected chi connectivity index (χ1v) is 4.85. The monoisotopic (exact) mass is 171 g/mol. The van der Waals surface area contributed by atoms with Crippen LogP contribution in [-0.4, -0.2) is 29.1 Å². The fourth-order valence-corrected chi connectivity index (χ4v) is 1.69. The minimum Gasteiger partial charge on any atom is -0.336 e. The second kappa shape index (κ2) is 3.81. The number of carbonyl (C=O) groups excluding carboxylic acids is 1. The third kappa shape index (κ3) is 2.26. The van der Waals surface area contributed by atoms with Gasteiger partial charge in [0.25, 0.3) is 0 Å². The van der Waals surface area contributed by atoms with Crippen LogP contribution in [0, 0.1) is 0 Å². The van der Waals surface area contributed by atoms with E-state index in [0.29, 0.717) is 6.04 Å². The van der Waals surface area contributed by atoms with E-state index in [1.807, 2.05) is 24.2 Å². The van der Waals surface area contributed by atoms with Crippen molar-refractivity contribution in [1.82, 2.24) is 4.90 Å². The number of thioether (sulfide) groups is 1. The van der Waals surface area contributed by atoms with Crippen molar-refractivity contribution in [2.75, 3.05) is 12.3 Å². The van der Waals surface area contributed by atoms with Crippen LogP contribution in [0.25, 0.3) is 0 Å². The molecule has 0 saturated carbocycles. The molecule has 2 nitrogen and oxygen atoms in total. The van der Waals surface area contributed by atoms with E-state index < -0.39 is 0 Å². The summed E-state index contributed by atoms with van der Waals surface area (Å²) in [5, 5.41) is 1.88. The summed E-state index contributed by atoms with van der Waals surface area (Å²) in [4.78, 5) is 13.2. The molecule has 11 heavy (non-hydrogen) atoms. The topological polar surface area (TPSA) is 20.3 Å². The SMILES string of the molecule is CC(C)N1CCSC=CC1=O. The number of carbonyl (C=O) groups is 1. The van der Waals surface area contributed by atoms with Crippen molar-refractivity contribution in [3.05, 3.63) is 11.5 Å². The molecule has 1 heterocycles. The van der Waals surface area contributed by atoms with Gasteiger partial charge in [-0.2, -0.15) is 0 Å². The first-order valence-electron chi connectivity index (χ1n) is 3.80. The smallest absolute Gasteiger partial charge is 0.247 e. The molecule has 62 valence electrons. The molecule has 0 unspecified atom stereocenters. The van der Waals surface area contributed by atoms with E-state index in [1.165, 1.54) is 0 Å². The van der Waals surface area contributed by atoms with Gasteiger partial charge in [0.15, 0.2) is 0 Å². The molecule has 1 aliphatic rings. The summed E-state index contributed by atoms with van der Waals surface area (Å²) in [6, 6.07) is 0.325. The van der Waals surface area contributed by atoms with Gasteiger partial charge in [0.2, 0.25) is 5.91 Å². The minimum atomic E-state index is 0.144. The van der Waals surface area contributed by atoms with Gasteiger partial charge in [-0.05, 0) is 19.3 Å². The summed E-state index contributed by atoms with van der Waals surface area (Å²) < 4.78 is 0. The van der Waals surface area contributed by atoms with Gasteiger partial charge in [-0.15, -0.1) is 11.8 Å². The molecule has 0 fully saturated rings. The van der Waals surface area contributed by atoms with Crippen LogP contribution >= 0.6 is 11.8 Å². The zero-order valence-corrected chi connectivity index (χ0v) is 7.73. The van der Waals surface area contributed by atoms with E-state index in [2.05, 4.69) is 0 Å². The van der Waals surface area contributed by atoms with E-state index in [-0.39, 0.29) is 5.91 Å². The second-order valence-corrected chi connectivity index (χ2v) is 3.81. The highest BCUT2D eigenvalue weighted by atomic mass is 32.2. The lowest BCUT2D eigenvalue weighted by Crippen LogP contribution is -2.36. The normalized spacial score (nSPS) is 19.2. The van der Waals surface area contributed by atoms with Crippen LogP contribution in [0.1, 0.15) is 13.8 Å². The molecule has 1 amide bonds. The summed E-state index contributed by atoms with van der Waals surface area (Å²) in [5.41, 5.74) is 0. The van der Waals surface area contributed by atoms with Crippen LogP contribution < -0.4 is 0 Å². The lowest BCUT2D eigenvalue weighted by molar-refractivity contribution is -0.127. The highest BCUT2D eigenvalue weighted by Gasteiger charge is 2.15. The maximum absolute atomic E-state index is 11.3. The lowest BCUT2D eigenvalue weighted by Gasteiger charge is -2.23. The third-order valence-corrected chi connectivity index (χ3v) is 2.41. The molecule has 1 rings (SSSR count). The predicted octanol–water partition coefficient (Wildman–Crippen LogP) is 1.48. The van der Waals surface area contributed by atoms with Crippen molar-refractivity contribution < 1.29 is 4.79 Å². The molecular weight excluding hydrogens is 158 g/mol. The van der Waals surface area contributed by atoms with Crippen LogP contribution in [-0.2, 0) is 4.79 Å². The number of amides is 1. The maximum atomic E-state index is 11.3. The molecule has 0 aliphatic carbocycles. The van der Waals surface area contributed by atoms with E-state index in [1.54, 1.807) is 17.8 Å². The van der Waals surface area contributed by atoms with E-state index in [0.717, 1.165) is 12.3 Å². The lowest BCUT2D eigenvalue weighted by atomic mass is 10.3. The van der Waals surface area contributed by atoms with Crippen molar-refractivity contribution in [3.8, 4) is 0 Å². The summed E-state index contributed by atoms with van der Waals surface area (Å²) >= 11 is 1.70. The van der Waals surface area contributed by atoms with Gasteiger partial charge in [0.1, 0.15) is 0 Å². The Morgan fingerprint density at radius 3 is 3.00 bits per heavy atom. The molecule has 0 spiro atoms. The Hall–Kier alpha value is -0.440. The highest BCUT2D eigenvalue weighted by Crippen LogP contribution is 2.11. The quantitative estimate of drug-likeness (QED) is 0.595. The van der Waals surface area contributed by atoms with Crippen molar-refractivity contribution in [1.29, 1.82) is 0 Å². The number of rotatable bonds is 1. The maximum Gasteiger partial charge on any atom is 0.247 e. The molecule has 0 aromatic carbocycles. The molecule has 0 N–H and O–H groups in total. The Labute approximate surface area is 71.6 Å². The van der Waals surface area contributed by atoms with Gasteiger partial charge in [-0.3, -0.25) is 4.79 Å². The molecule has 0 aromatic rings. The Morgan fingerprint density at radius 2 is 2.36 bits per heavy atom. The zero-order valence-electron chi connectivity index (χ0n) is 6.91. The minimum absolute atomic E-state index is 0.144. The van der Waals surface area contributed by atoms with Crippen molar-refractivity contribution >= 4 is 17.7 Å². The van der Waals surface area contributed by atoms with Gasteiger partial charge in [-0.1, -0.05) is 0 Å². The van der Waals surface area contributed by atoms with Crippen LogP contribution in [0.5, 0.6) is 0 Å². The molecule has 0 radical (unpaired) electrons. The van der Waals surface area contributed by atoms with Crippen LogP contribution in [0.15, 0.2) is 11.5 Å². The number of hydrogen-bond donors (Lipinski definition) is 0. The third-order valence-electron chi connectivity index (χ3n) is 1.66. The number of nitrogens with zero attached hydrogens (tertiary/aromatic N) is 1. The molecule has 1 aliphatic heterocycles. The van der Waals surface area contributed by atoms with Crippen LogP contribution in [0.3, 0.4) is 0 Å². The summed E-state index contributed by atoms with van der Waals surface area (Å²) in [6.45, 7) is 4.96. The first kappa shape index (κ1) is 8.65. The Bertz CT molecular complexity index is 177. The average molecular weight is 171 g/mol. The van der Waals surface area contributed by atoms with Crippen molar-refractivity contribution in [2.45, 2.75) is 19.9 Å². The molecule has 0 aromatic heterocycles. The van der Waals surface area contributed by atoms with Crippen molar-refractivity contribution in [2.24, 2.45) is 0 Å². The molecule has 3 heteroatoms. The Morgan fingerprint density at radius 1 is 1.64 bits per heavy atom. The summed E-state index contributed by atoms with van der Waals surface area (Å²) in [6.07, 6.45) is 1.65. The largest absolute Gasteiger partial charge is 0.336 e. The molecular formula is C8H13NOS. The second-order valence-electron chi connectivity index (χ2n) is 2.80. The summed E-state index contributed by atoms with van der Waals surface area (Å²) in [7, 11) is 0. The fourth-order valence-electron chi connectivity index (χ4n) is 1.04. The van der Waals surface area contributed by atoms with Crippen LogP contribution in [0.4, 0.5) is 0 Å². The zero-order chi connectivity index (χ0) is 8.27. The van der Waals surface area contributed by atoms with E-state index in [4.69, 9.17) is 0 Å². The summed E-state index contributed by atoms with van der Waals surface area (Å²) in [5.74, 6) is 1.16. The fraction of sp³-hybridized carbons (Fsp3) is 0.625.